The first kappa shape index (κ1) is 11.9. The maximum absolute atomic E-state index is 12.0. The fourth-order valence-electron chi connectivity index (χ4n) is 2.98. The number of hydrogen-bond donors (Lipinski definition) is 0. The standard InChI is InChI=1S/C15H15N3O/c1-18-13-6-3-2-5-11(13)12(17-18)9-15(10-16)8-4-7-14(15)19/h2-3,5-6H,4,7-9H2,1H3. The van der Waals surface area contributed by atoms with Crippen molar-refractivity contribution >= 4 is 16.7 Å². The molecule has 1 aliphatic rings. The zero-order valence-corrected chi connectivity index (χ0v) is 10.9. The Balaban J connectivity index is 2.07. The van der Waals surface area contributed by atoms with Crippen LogP contribution in [-0.2, 0) is 18.3 Å². The molecule has 0 radical (unpaired) electrons. The monoisotopic (exact) mass is 253 g/mol. The van der Waals surface area contributed by atoms with E-state index >= 15 is 0 Å². The molecule has 0 spiro atoms. The number of Topliss-reactive ketones (excluding diaryl/α,β-unsaturated/α-hetero) is 1. The van der Waals surface area contributed by atoms with Crippen molar-refractivity contribution in [2.24, 2.45) is 12.5 Å². The maximum Gasteiger partial charge on any atom is 0.153 e. The lowest BCUT2D eigenvalue weighted by Crippen LogP contribution is -2.26. The van der Waals surface area contributed by atoms with Gasteiger partial charge in [-0.25, -0.2) is 0 Å². The molecule has 1 saturated carbocycles. The molecule has 1 aromatic carbocycles. The minimum absolute atomic E-state index is 0.0738. The number of fused-ring (bicyclic) bond motifs is 1. The normalized spacial score (nSPS) is 22.8. The van der Waals surface area contributed by atoms with Gasteiger partial charge in [-0.1, -0.05) is 18.2 Å². The van der Waals surface area contributed by atoms with Gasteiger partial charge in [-0.2, -0.15) is 10.4 Å². The van der Waals surface area contributed by atoms with Crippen molar-refractivity contribution < 1.29 is 4.79 Å². The number of benzene rings is 1. The number of rotatable bonds is 2. The third-order valence-electron chi connectivity index (χ3n) is 4.06. The summed E-state index contributed by atoms with van der Waals surface area (Å²) in [6, 6.07) is 10.2. The predicted molar refractivity (Wildman–Crippen MR) is 71.3 cm³/mol. The van der Waals surface area contributed by atoms with E-state index in [1.165, 1.54) is 0 Å². The average molecular weight is 253 g/mol. The number of aryl methyl sites for hydroxylation is 1. The lowest BCUT2D eigenvalue weighted by molar-refractivity contribution is -0.123. The Morgan fingerprint density at radius 1 is 1.47 bits per heavy atom. The van der Waals surface area contributed by atoms with Crippen LogP contribution in [0.15, 0.2) is 24.3 Å². The lowest BCUT2D eigenvalue weighted by atomic mass is 9.82. The fraction of sp³-hybridized carbons (Fsp3) is 0.400. The number of carbonyl (C=O) groups is 1. The Hall–Kier alpha value is -2.15. The smallest absolute Gasteiger partial charge is 0.153 e. The second kappa shape index (κ2) is 4.20. The molecule has 0 saturated heterocycles. The predicted octanol–water partition coefficient (Wildman–Crippen LogP) is 2.38. The van der Waals surface area contributed by atoms with E-state index in [-0.39, 0.29) is 5.78 Å². The second-order valence-electron chi connectivity index (χ2n) is 5.23. The lowest BCUT2D eigenvalue weighted by Gasteiger charge is -2.16. The molecule has 2 aromatic rings. The largest absolute Gasteiger partial charge is 0.298 e. The average Bonchev–Trinajstić information content (AvgIpc) is 2.94. The van der Waals surface area contributed by atoms with Crippen LogP contribution in [0.5, 0.6) is 0 Å². The van der Waals surface area contributed by atoms with Gasteiger partial charge >= 0.3 is 0 Å². The van der Waals surface area contributed by atoms with Crippen LogP contribution < -0.4 is 0 Å². The van der Waals surface area contributed by atoms with Crippen LogP contribution in [0.4, 0.5) is 0 Å². The van der Waals surface area contributed by atoms with E-state index in [0.717, 1.165) is 23.0 Å². The third-order valence-corrected chi connectivity index (χ3v) is 4.06. The molecule has 1 heterocycles. The molecular weight excluding hydrogens is 238 g/mol. The molecular formula is C15H15N3O. The molecule has 1 unspecified atom stereocenters. The number of ketones is 1. The first-order valence-electron chi connectivity index (χ1n) is 6.51. The molecule has 0 N–H and O–H groups in total. The van der Waals surface area contributed by atoms with Crippen LogP contribution in [0.1, 0.15) is 25.0 Å². The SMILES string of the molecule is Cn1nc(CC2(C#N)CCCC2=O)c2ccccc21. The Bertz CT molecular complexity index is 695. The Morgan fingerprint density at radius 3 is 2.95 bits per heavy atom. The van der Waals surface area contributed by atoms with E-state index in [2.05, 4.69) is 11.2 Å². The Kier molecular flexibility index (Phi) is 2.63. The maximum atomic E-state index is 12.0. The van der Waals surface area contributed by atoms with Gasteiger partial charge in [0.15, 0.2) is 5.78 Å². The van der Waals surface area contributed by atoms with Gasteiger partial charge in [0.05, 0.1) is 17.3 Å². The number of aromatic nitrogens is 2. The number of carbonyl (C=O) groups excluding carboxylic acids is 1. The van der Waals surface area contributed by atoms with Gasteiger partial charge in [0, 0.05) is 25.3 Å². The molecule has 4 nitrogen and oxygen atoms in total. The van der Waals surface area contributed by atoms with Gasteiger partial charge in [0.1, 0.15) is 5.41 Å². The number of nitrogens with zero attached hydrogens (tertiary/aromatic N) is 3. The number of para-hydroxylation sites is 1. The zero-order chi connectivity index (χ0) is 13.5. The van der Waals surface area contributed by atoms with Crippen molar-refractivity contribution in [2.75, 3.05) is 0 Å². The number of nitriles is 1. The molecule has 1 fully saturated rings. The summed E-state index contributed by atoms with van der Waals surface area (Å²) in [5.41, 5.74) is 1.04. The van der Waals surface area contributed by atoms with Gasteiger partial charge in [-0.3, -0.25) is 9.48 Å². The Morgan fingerprint density at radius 2 is 2.26 bits per heavy atom. The molecule has 0 bridgehead atoms. The number of hydrogen-bond acceptors (Lipinski definition) is 3. The van der Waals surface area contributed by atoms with Crippen molar-refractivity contribution in [3.63, 3.8) is 0 Å². The molecule has 0 amide bonds. The van der Waals surface area contributed by atoms with E-state index in [1.54, 1.807) is 0 Å². The topological polar surface area (TPSA) is 58.7 Å². The van der Waals surface area contributed by atoms with Crippen molar-refractivity contribution in [3.8, 4) is 6.07 Å². The fourth-order valence-corrected chi connectivity index (χ4v) is 2.98. The first-order valence-corrected chi connectivity index (χ1v) is 6.51. The van der Waals surface area contributed by atoms with Crippen molar-refractivity contribution in [1.82, 2.24) is 9.78 Å². The van der Waals surface area contributed by atoms with Crippen LogP contribution in [0.3, 0.4) is 0 Å². The van der Waals surface area contributed by atoms with Crippen LogP contribution in [-0.4, -0.2) is 15.6 Å². The van der Waals surface area contributed by atoms with Crippen LogP contribution in [0, 0.1) is 16.7 Å². The summed E-state index contributed by atoms with van der Waals surface area (Å²) < 4.78 is 1.81. The summed E-state index contributed by atoms with van der Waals surface area (Å²) >= 11 is 0. The van der Waals surface area contributed by atoms with Crippen LogP contribution in [0.25, 0.3) is 10.9 Å². The molecule has 1 atom stereocenters. The molecule has 4 heteroatoms. The van der Waals surface area contributed by atoms with Crippen LogP contribution in [0.2, 0.25) is 0 Å². The molecule has 96 valence electrons. The summed E-state index contributed by atoms with van der Waals surface area (Å²) in [7, 11) is 1.89. The summed E-state index contributed by atoms with van der Waals surface area (Å²) in [5.74, 6) is 0.0738. The van der Waals surface area contributed by atoms with E-state index in [9.17, 15) is 10.1 Å². The highest BCUT2D eigenvalue weighted by Gasteiger charge is 2.43. The van der Waals surface area contributed by atoms with Gasteiger partial charge in [-0.15, -0.1) is 0 Å². The van der Waals surface area contributed by atoms with E-state index in [1.807, 2.05) is 36.0 Å². The van der Waals surface area contributed by atoms with Crippen molar-refractivity contribution in [1.29, 1.82) is 5.26 Å². The minimum Gasteiger partial charge on any atom is -0.298 e. The zero-order valence-electron chi connectivity index (χ0n) is 10.9. The minimum atomic E-state index is -0.850. The Labute approximate surface area is 111 Å². The summed E-state index contributed by atoms with van der Waals surface area (Å²) in [6.07, 6.45) is 2.44. The van der Waals surface area contributed by atoms with E-state index in [4.69, 9.17) is 0 Å². The van der Waals surface area contributed by atoms with Gasteiger partial charge in [0.2, 0.25) is 0 Å². The van der Waals surface area contributed by atoms with Gasteiger partial charge in [0.25, 0.3) is 0 Å². The summed E-state index contributed by atoms with van der Waals surface area (Å²) in [5, 5.41) is 15.0. The van der Waals surface area contributed by atoms with E-state index < -0.39 is 5.41 Å². The van der Waals surface area contributed by atoms with Gasteiger partial charge < -0.3 is 0 Å². The van der Waals surface area contributed by atoms with Crippen LogP contribution >= 0.6 is 0 Å². The molecule has 19 heavy (non-hydrogen) atoms. The first-order chi connectivity index (χ1) is 9.16. The summed E-state index contributed by atoms with van der Waals surface area (Å²) in [4.78, 5) is 12.0. The highest BCUT2D eigenvalue weighted by molar-refractivity contribution is 5.90. The highest BCUT2D eigenvalue weighted by Crippen LogP contribution is 2.38. The molecule has 0 aliphatic heterocycles. The van der Waals surface area contributed by atoms with Crippen molar-refractivity contribution in [3.05, 3.63) is 30.0 Å². The van der Waals surface area contributed by atoms with Crippen molar-refractivity contribution in [2.45, 2.75) is 25.7 Å². The molecule has 3 rings (SSSR count). The quantitative estimate of drug-likeness (QED) is 0.825. The van der Waals surface area contributed by atoms with Gasteiger partial charge in [-0.05, 0) is 18.9 Å². The second-order valence-corrected chi connectivity index (χ2v) is 5.23. The summed E-state index contributed by atoms with van der Waals surface area (Å²) in [6.45, 7) is 0. The molecule has 1 aliphatic carbocycles. The van der Waals surface area contributed by atoms with E-state index in [0.29, 0.717) is 19.3 Å². The highest BCUT2D eigenvalue weighted by atomic mass is 16.1. The molecule has 1 aromatic heterocycles. The third kappa shape index (κ3) is 1.74.